The lowest BCUT2D eigenvalue weighted by Gasteiger charge is -2.56. The van der Waals surface area contributed by atoms with E-state index in [1.807, 2.05) is 0 Å². The average molecular weight is 483 g/mol. The molecule has 1 unspecified atom stereocenters. The van der Waals surface area contributed by atoms with Crippen LogP contribution >= 0.6 is 0 Å². The van der Waals surface area contributed by atoms with Gasteiger partial charge in [0.05, 0.1) is 12.2 Å². The monoisotopic (exact) mass is 482 g/mol. The SMILES string of the molecule is CC(=O)OC1C/C(C)=C\[C@@H]2OC(=O)[C@]3(C)O[C@]23[C@H](O)[C@H]2[C@@H](C)[C@@H](O)C[C@H](OC(C)=O)[C@]2(C)[C@H]1O. The van der Waals surface area contributed by atoms with Crippen LogP contribution < -0.4 is 0 Å². The molecule has 0 amide bonds. The number of hydrogen-bond donors (Lipinski definition) is 3. The first kappa shape index (κ1) is 25.1. The summed E-state index contributed by atoms with van der Waals surface area (Å²) in [6, 6.07) is 0. The first-order valence-corrected chi connectivity index (χ1v) is 11.7. The van der Waals surface area contributed by atoms with Crippen molar-refractivity contribution in [2.45, 2.75) is 102 Å². The molecule has 0 aromatic rings. The van der Waals surface area contributed by atoms with Crippen molar-refractivity contribution in [3.63, 3.8) is 0 Å². The molecule has 2 heterocycles. The number of ether oxygens (including phenoxy) is 4. The van der Waals surface area contributed by atoms with Crippen molar-refractivity contribution in [3.05, 3.63) is 11.6 Å². The molecule has 190 valence electrons. The van der Waals surface area contributed by atoms with Crippen LogP contribution in [0.3, 0.4) is 0 Å². The predicted octanol–water partition coefficient (Wildman–Crippen LogP) is 0.398. The van der Waals surface area contributed by atoms with Gasteiger partial charge in [0.2, 0.25) is 0 Å². The lowest BCUT2D eigenvalue weighted by atomic mass is 9.53. The zero-order valence-electron chi connectivity index (χ0n) is 20.3. The Morgan fingerprint density at radius 2 is 1.71 bits per heavy atom. The standard InChI is InChI=1S/C24H34O10/c1-10-7-15(31-12(3)25)19(28)22(5)16(32-13(4)26)9-14(27)11(2)18(22)20(29)24-17(8-10)33-21(30)23(24,6)34-24/h8,11,14-20,27-29H,7,9H2,1-6H3/b10-8-/t11-,14-,15?,16-,17-,18+,19-,20+,22-,23-,24-/m0/s1. The summed E-state index contributed by atoms with van der Waals surface area (Å²) in [5.41, 5.74) is -3.55. The van der Waals surface area contributed by atoms with Crippen LogP contribution in [0.4, 0.5) is 0 Å². The molecule has 1 saturated carbocycles. The van der Waals surface area contributed by atoms with Crippen LogP contribution in [0.1, 0.15) is 54.4 Å². The minimum absolute atomic E-state index is 0.0170. The molecule has 10 heteroatoms. The zero-order valence-corrected chi connectivity index (χ0v) is 20.3. The van der Waals surface area contributed by atoms with Gasteiger partial charge in [-0.25, -0.2) is 4.79 Å². The molecule has 10 nitrogen and oxygen atoms in total. The Bertz CT molecular complexity index is 931. The maximum atomic E-state index is 12.7. The van der Waals surface area contributed by atoms with Gasteiger partial charge in [-0.2, -0.15) is 0 Å². The van der Waals surface area contributed by atoms with Crippen molar-refractivity contribution >= 4 is 17.9 Å². The summed E-state index contributed by atoms with van der Waals surface area (Å²) in [5, 5.41) is 34.5. The van der Waals surface area contributed by atoms with E-state index in [0.717, 1.165) is 0 Å². The van der Waals surface area contributed by atoms with Crippen LogP contribution in [0.2, 0.25) is 0 Å². The molecule has 3 fully saturated rings. The van der Waals surface area contributed by atoms with Gasteiger partial charge in [-0.1, -0.05) is 19.4 Å². The first-order chi connectivity index (χ1) is 15.7. The second kappa shape index (κ2) is 8.01. The largest absolute Gasteiger partial charge is 0.462 e. The van der Waals surface area contributed by atoms with Gasteiger partial charge < -0.3 is 34.3 Å². The van der Waals surface area contributed by atoms with Gasteiger partial charge >= 0.3 is 17.9 Å². The van der Waals surface area contributed by atoms with Gasteiger partial charge in [-0.15, -0.1) is 0 Å². The topological polar surface area (TPSA) is 152 Å². The minimum Gasteiger partial charge on any atom is -0.462 e. The number of fused-ring (bicyclic) bond motifs is 1. The number of hydrogen-bond acceptors (Lipinski definition) is 10. The highest BCUT2D eigenvalue weighted by atomic mass is 16.7. The smallest absolute Gasteiger partial charge is 0.342 e. The second-order valence-corrected chi connectivity index (χ2v) is 10.7. The highest BCUT2D eigenvalue weighted by Crippen LogP contribution is 2.64. The maximum absolute atomic E-state index is 12.7. The van der Waals surface area contributed by atoms with Gasteiger partial charge in [0, 0.05) is 38.0 Å². The highest BCUT2D eigenvalue weighted by Gasteiger charge is 2.86. The van der Waals surface area contributed by atoms with Crippen molar-refractivity contribution in [1.29, 1.82) is 0 Å². The van der Waals surface area contributed by atoms with Gasteiger partial charge in [0.15, 0.2) is 17.3 Å². The normalized spacial score (nSPS) is 51.6. The molecule has 34 heavy (non-hydrogen) atoms. The van der Waals surface area contributed by atoms with E-state index < -0.39 is 83.0 Å². The molecule has 2 aliphatic carbocycles. The van der Waals surface area contributed by atoms with Crippen molar-refractivity contribution in [2.24, 2.45) is 17.3 Å². The van der Waals surface area contributed by atoms with Crippen molar-refractivity contribution in [3.8, 4) is 0 Å². The lowest BCUT2D eigenvalue weighted by molar-refractivity contribution is -0.235. The Labute approximate surface area is 198 Å². The zero-order chi connectivity index (χ0) is 25.4. The summed E-state index contributed by atoms with van der Waals surface area (Å²) in [6.45, 7) is 9.13. The van der Waals surface area contributed by atoms with Gasteiger partial charge in [0.25, 0.3) is 0 Å². The summed E-state index contributed by atoms with van der Waals surface area (Å²) >= 11 is 0. The molecule has 4 aliphatic rings. The Balaban J connectivity index is 1.93. The fourth-order valence-corrected chi connectivity index (χ4v) is 6.67. The molecular weight excluding hydrogens is 448 g/mol. The van der Waals surface area contributed by atoms with E-state index in [9.17, 15) is 29.7 Å². The van der Waals surface area contributed by atoms with E-state index >= 15 is 0 Å². The van der Waals surface area contributed by atoms with Crippen LogP contribution in [-0.2, 0) is 33.3 Å². The maximum Gasteiger partial charge on any atom is 0.342 e. The van der Waals surface area contributed by atoms with E-state index in [4.69, 9.17) is 18.9 Å². The summed E-state index contributed by atoms with van der Waals surface area (Å²) in [7, 11) is 0. The number of rotatable bonds is 2. The third kappa shape index (κ3) is 3.33. The minimum atomic E-state index is -1.43. The number of esters is 3. The summed E-state index contributed by atoms with van der Waals surface area (Å²) in [4.78, 5) is 36.6. The van der Waals surface area contributed by atoms with Crippen LogP contribution in [-0.4, -0.2) is 81.1 Å². The number of aliphatic hydroxyl groups is 3. The quantitative estimate of drug-likeness (QED) is 0.218. The third-order valence-corrected chi connectivity index (χ3v) is 8.52. The number of carbonyl (C=O) groups excluding carboxylic acids is 3. The van der Waals surface area contributed by atoms with Crippen molar-refractivity contribution < 1.29 is 48.7 Å². The Morgan fingerprint density at radius 1 is 1.09 bits per heavy atom. The molecule has 1 spiro atoms. The highest BCUT2D eigenvalue weighted by molar-refractivity contribution is 5.88. The molecule has 0 radical (unpaired) electrons. The Morgan fingerprint density at radius 3 is 2.26 bits per heavy atom. The Kier molecular flexibility index (Phi) is 5.91. The van der Waals surface area contributed by atoms with E-state index in [0.29, 0.717) is 5.57 Å². The van der Waals surface area contributed by atoms with Crippen molar-refractivity contribution in [1.82, 2.24) is 0 Å². The molecular formula is C24H34O10. The van der Waals surface area contributed by atoms with E-state index in [-0.39, 0.29) is 12.8 Å². The van der Waals surface area contributed by atoms with Gasteiger partial charge in [0.1, 0.15) is 18.3 Å². The molecule has 2 saturated heterocycles. The summed E-state index contributed by atoms with van der Waals surface area (Å²) in [6.07, 6.45) is -4.93. The molecule has 0 bridgehead atoms. The lowest BCUT2D eigenvalue weighted by Crippen LogP contribution is -2.66. The molecule has 2 aliphatic heterocycles. The van der Waals surface area contributed by atoms with Gasteiger partial charge in [-0.3, -0.25) is 9.59 Å². The number of aliphatic hydroxyl groups excluding tert-OH is 3. The third-order valence-electron chi connectivity index (χ3n) is 8.52. The molecule has 3 N–H and O–H groups in total. The van der Waals surface area contributed by atoms with Crippen LogP contribution in [0.25, 0.3) is 0 Å². The van der Waals surface area contributed by atoms with E-state index in [1.165, 1.54) is 13.8 Å². The van der Waals surface area contributed by atoms with Gasteiger partial charge in [-0.05, 0) is 25.8 Å². The number of epoxide rings is 1. The average Bonchev–Trinajstić information content (AvgIpc) is 3.31. The van der Waals surface area contributed by atoms with Crippen LogP contribution in [0.15, 0.2) is 11.6 Å². The molecule has 0 aromatic heterocycles. The second-order valence-electron chi connectivity index (χ2n) is 10.7. The summed E-state index contributed by atoms with van der Waals surface area (Å²) in [5.74, 6) is -3.35. The summed E-state index contributed by atoms with van der Waals surface area (Å²) < 4.78 is 22.6. The fraction of sp³-hybridized carbons (Fsp3) is 0.792. The molecule has 4 rings (SSSR count). The Hall–Kier alpha value is -2.01. The van der Waals surface area contributed by atoms with Crippen LogP contribution in [0.5, 0.6) is 0 Å². The van der Waals surface area contributed by atoms with E-state index in [2.05, 4.69) is 0 Å². The number of carbonyl (C=O) groups is 3. The fourth-order valence-electron chi connectivity index (χ4n) is 6.67. The van der Waals surface area contributed by atoms with Crippen molar-refractivity contribution in [2.75, 3.05) is 0 Å². The molecule has 0 aromatic carbocycles. The molecule has 11 atom stereocenters. The van der Waals surface area contributed by atoms with E-state index in [1.54, 1.807) is 33.8 Å². The predicted molar refractivity (Wildman–Crippen MR) is 115 cm³/mol. The van der Waals surface area contributed by atoms with Crippen LogP contribution in [0, 0.1) is 17.3 Å². The first-order valence-electron chi connectivity index (χ1n) is 11.7.